The lowest BCUT2D eigenvalue weighted by Gasteiger charge is -1.91. The Morgan fingerprint density at radius 3 is 2.69 bits per heavy atom. The van der Waals surface area contributed by atoms with E-state index in [0.29, 0.717) is 9.87 Å². The minimum atomic E-state index is 0.208. The molecule has 0 aromatic carbocycles. The number of halogens is 1. The molecule has 0 fully saturated rings. The van der Waals surface area contributed by atoms with Crippen LogP contribution in [0.4, 0.5) is 5.95 Å². The number of anilines is 1. The van der Waals surface area contributed by atoms with Crippen LogP contribution in [0.2, 0.25) is 0 Å². The van der Waals surface area contributed by atoms with Gasteiger partial charge >= 0.3 is 0 Å². The number of hydrogen-bond acceptors (Lipinski definition) is 6. The summed E-state index contributed by atoms with van der Waals surface area (Å²) in [7, 11) is 0. The van der Waals surface area contributed by atoms with Crippen LogP contribution in [0.15, 0.2) is 4.73 Å². The van der Waals surface area contributed by atoms with E-state index < -0.39 is 0 Å². The van der Waals surface area contributed by atoms with Crippen molar-refractivity contribution >= 4 is 33.2 Å². The highest BCUT2D eigenvalue weighted by atomic mass is 79.9. The van der Waals surface area contributed by atoms with Crippen LogP contribution in [0.3, 0.4) is 0 Å². The van der Waals surface area contributed by atoms with Crippen LogP contribution >= 0.6 is 27.3 Å². The molecule has 2 aromatic heterocycles. The molecule has 0 aliphatic carbocycles. The summed E-state index contributed by atoms with van der Waals surface area (Å²) in [6.07, 6.45) is 0. The molecule has 13 heavy (non-hydrogen) atoms. The molecule has 0 bridgehead atoms. The maximum atomic E-state index is 5.41. The van der Waals surface area contributed by atoms with E-state index in [1.807, 2.05) is 6.92 Å². The van der Waals surface area contributed by atoms with E-state index in [4.69, 9.17) is 5.73 Å². The molecule has 0 saturated carbocycles. The van der Waals surface area contributed by atoms with Gasteiger partial charge in [0.1, 0.15) is 5.01 Å². The minimum Gasteiger partial charge on any atom is -0.366 e. The number of aromatic nitrogens is 5. The molecule has 0 aliphatic rings. The van der Waals surface area contributed by atoms with Crippen molar-refractivity contribution in [3.8, 4) is 5.13 Å². The quantitative estimate of drug-likeness (QED) is 0.819. The molecule has 6 nitrogen and oxygen atoms in total. The third-order valence-electron chi connectivity index (χ3n) is 1.28. The Morgan fingerprint density at radius 2 is 2.23 bits per heavy atom. The molecule has 0 aliphatic heterocycles. The van der Waals surface area contributed by atoms with Crippen molar-refractivity contribution in [3.05, 3.63) is 9.74 Å². The monoisotopic (exact) mass is 260 g/mol. The molecule has 0 spiro atoms. The Bertz CT molecular complexity index is 434. The fourth-order valence-electron chi connectivity index (χ4n) is 0.801. The van der Waals surface area contributed by atoms with Gasteiger partial charge in [0, 0.05) is 0 Å². The van der Waals surface area contributed by atoms with Gasteiger partial charge in [-0.1, -0.05) is 11.3 Å². The smallest absolute Gasteiger partial charge is 0.241 e. The first-order valence-electron chi connectivity index (χ1n) is 3.35. The van der Waals surface area contributed by atoms with Crippen molar-refractivity contribution in [2.75, 3.05) is 5.73 Å². The molecular weight excluding hydrogens is 256 g/mol. The van der Waals surface area contributed by atoms with Crippen molar-refractivity contribution in [1.29, 1.82) is 0 Å². The fraction of sp³-hybridized carbons (Fsp3) is 0.200. The summed E-state index contributed by atoms with van der Waals surface area (Å²) in [6.45, 7) is 1.87. The fourth-order valence-corrected chi connectivity index (χ4v) is 1.99. The maximum Gasteiger partial charge on any atom is 0.241 e. The number of nitrogens with zero attached hydrogens (tertiary/aromatic N) is 5. The maximum absolute atomic E-state index is 5.41. The summed E-state index contributed by atoms with van der Waals surface area (Å²) in [6, 6.07) is 0. The molecule has 2 heterocycles. The van der Waals surface area contributed by atoms with Gasteiger partial charge < -0.3 is 5.73 Å². The lowest BCUT2D eigenvalue weighted by Crippen LogP contribution is -1.96. The Kier molecular flexibility index (Phi) is 2.00. The van der Waals surface area contributed by atoms with Crippen LogP contribution in [0, 0.1) is 6.92 Å². The van der Waals surface area contributed by atoms with Crippen molar-refractivity contribution in [2.45, 2.75) is 6.92 Å². The Morgan fingerprint density at radius 1 is 1.46 bits per heavy atom. The zero-order valence-electron chi connectivity index (χ0n) is 6.60. The van der Waals surface area contributed by atoms with E-state index in [1.54, 1.807) is 0 Å². The molecule has 8 heteroatoms. The Hall–Kier alpha value is -1.02. The largest absolute Gasteiger partial charge is 0.366 e. The molecule has 0 unspecified atom stereocenters. The summed E-state index contributed by atoms with van der Waals surface area (Å²) in [4.78, 5) is 3.88. The van der Waals surface area contributed by atoms with Gasteiger partial charge in [-0.2, -0.15) is 9.67 Å². The van der Waals surface area contributed by atoms with Crippen LogP contribution < -0.4 is 5.73 Å². The zero-order valence-corrected chi connectivity index (χ0v) is 9.00. The zero-order chi connectivity index (χ0) is 9.42. The average molecular weight is 261 g/mol. The van der Waals surface area contributed by atoms with Gasteiger partial charge in [0.25, 0.3) is 0 Å². The van der Waals surface area contributed by atoms with E-state index in [2.05, 4.69) is 36.2 Å². The van der Waals surface area contributed by atoms with Crippen molar-refractivity contribution in [3.63, 3.8) is 0 Å². The first kappa shape index (κ1) is 8.57. The second-order valence-electron chi connectivity index (χ2n) is 2.25. The lowest BCUT2D eigenvalue weighted by molar-refractivity contribution is 0.826. The normalized spacial score (nSPS) is 10.6. The average Bonchev–Trinajstić information content (AvgIpc) is 2.58. The van der Waals surface area contributed by atoms with Crippen LogP contribution in [-0.2, 0) is 0 Å². The molecule has 0 amide bonds. The second kappa shape index (κ2) is 3.04. The molecule has 0 saturated heterocycles. The SMILES string of the molecule is Cc1nnc(-n2nc(N)nc2Br)s1. The van der Waals surface area contributed by atoms with Gasteiger partial charge in [-0.15, -0.1) is 15.3 Å². The minimum absolute atomic E-state index is 0.208. The van der Waals surface area contributed by atoms with E-state index in [9.17, 15) is 0 Å². The second-order valence-corrected chi connectivity index (χ2v) is 4.12. The van der Waals surface area contributed by atoms with E-state index in [0.717, 1.165) is 5.01 Å². The van der Waals surface area contributed by atoms with Crippen LogP contribution in [0.25, 0.3) is 5.13 Å². The molecule has 2 N–H and O–H groups in total. The first-order valence-corrected chi connectivity index (χ1v) is 4.96. The highest BCUT2D eigenvalue weighted by molar-refractivity contribution is 9.10. The van der Waals surface area contributed by atoms with E-state index in [-0.39, 0.29) is 5.95 Å². The predicted octanol–water partition coefficient (Wildman–Crippen LogP) is 0.772. The molecular formula is C5H5BrN6S. The predicted molar refractivity (Wildman–Crippen MR) is 51.7 cm³/mol. The number of nitrogen functional groups attached to an aromatic ring is 1. The third-order valence-corrected chi connectivity index (χ3v) is 2.61. The van der Waals surface area contributed by atoms with Gasteiger partial charge in [0.2, 0.25) is 15.8 Å². The van der Waals surface area contributed by atoms with E-state index >= 15 is 0 Å². The van der Waals surface area contributed by atoms with Crippen molar-refractivity contribution in [2.24, 2.45) is 0 Å². The Labute approximate surface area is 85.9 Å². The molecule has 0 atom stereocenters. The van der Waals surface area contributed by atoms with Crippen molar-refractivity contribution < 1.29 is 0 Å². The number of aryl methyl sites for hydroxylation is 1. The number of nitrogens with two attached hydrogens (primary N) is 1. The van der Waals surface area contributed by atoms with Crippen LogP contribution in [0.1, 0.15) is 5.01 Å². The molecule has 68 valence electrons. The van der Waals surface area contributed by atoms with Crippen LogP contribution in [0.5, 0.6) is 0 Å². The van der Waals surface area contributed by atoms with Gasteiger partial charge in [-0.25, -0.2) is 0 Å². The summed E-state index contributed by atoms with van der Waals surface area (Å²) < 4.78 is 2.03. The topological polar surface area (TPSA) is 82.5 Å². The summed E-state index contributed by atoms with van der Waals surface area (Å²) in [5.74, 6) is 0.208. The summed E-state index contributed by atoms with van der Waals surface area (Å²) >= 11 is 4.63. The highest BCUT2D eigenvalue weighted by Gasteiger charge is 2.10. The number of hydrogen-bond donors (Lipinski definition) is 1. The molecule has 2 aromatic rings. The van der Waals surface area contributed by atoms with Crippen LogP contribution in [-0.4, -0.2) is 25.0 Å². The standard InChI is InChI=1S/C5H5BrN6S/c1-2-9-10-5(13-2)12-3(6)8-4(7)11-12/h1H3,(H2,7,11). The summed E-state index contributed by atoms with van der Waals surface area (Å²) in [5.41, 5.74) is 5.41. The van der Waals surface area contributed by atoms with Gasteiger partial charge in [0.15, 0.2) is 0 Å². The lowest BCUT2D eigenvalue weighted by atomic mass is 10.9. The van der Waals surface area contributed by atoms with Gasteiger partial charge in [-0.05, 0) is 22.9 Å². The molecule has 0 radical (unpaired) electrons. The highest BCUT2D eigenvalue weighted by Crippen LogP contribution is 2.18. The first-order chi connectivity index (χ1) is 6.16. The summed E-state index contributed by atoms with van der Waals surface area (Å²) in [5, 5.41) is 13.2. The van der Waals surface area contributed by atoms with Gasteiger partial charge in [0.05, 0.1) is 0 Å². The van der Waals surface area contributed by atoms with Crippen molar-refractivity contribution in [1.82, 2.24) is 25.0 Å². The molecule has 2 rings (SSSR count). The number of rotatable bonds is 1. The third kappa shape index (κ3) is 1.54. The Balaban J connectivity index is 2.51. The van der Waals surface area contributed by atoms with E-state index in [1.165, 1.54) is 16.0 Å². The van der Waals surface area contributed by atoms with Gasteiger partial charge in [-0.3, -0.25) is 0 Å².